The molecule has 0 aliphatic heterocycles. The molecular formula is C24H24N2O5. The summed E-state index contributed by atoms with van der Waals surface area (Å²) in [5.74, 6) is 0.499. The van der Waals surface area contributed by atoms with E-state index >= 15 is 0 Å². The van der Waals surface area contributed by atoms with Crippen molar-refractivity contribution in [3.63, 3.8) is 0 Å². The molecule has 0 fully saturated rings. The van der Waals surface area contributed by atoms with Crippen LogP contribution in [0.25, 0.3) is 11.0 Å². The van der Waals surface area contributed by atoms with Gasteiger partial charge in [0.25, 0.3) is 5.91 Å². The highest BCUT2D eigenvalue weighted by molar-refractivity contribution is 5.92. The van der Waals surface area contributed by atoms with E-state index in [2.05, 4.69) is 5.32 Å². The van der Waals surface area contributed by atoms with Crippen molar-refractivity contribution in [1.29, 1.82) is 0 Å². The van der Waals surface area contributed by atoms with Crippen molar-refractivity contribution in [2.45, 2.75) is 33.4 Å². The summed E-state index contributed by atoms with van der Waals surface area (Å²) in [6.07, 6.45) is 1.61. The van der Waals surface area contributed by atoms with Crippen molar-refractivity contribution in [2.24, 2.45) is 0 Å². The number of aromatic nitrogens is 1. The number of furan rings is 2. The number of benzene rings is 1. The highest BCUT2D eigenvalue weighted by Gasteiger charge is 2.20. The van der Waals surface area contributed by atoms with E-state index in [1.54, 1.807) is 12.3 Å². The van der Waals surface area contributed by atoms with Crippen LogP contribution in [0.15, 0.2) is 63.6 Å². The molecule has 0 unspecified atom stereocenters. The first-order valence-electron chi connectivity index (χ1n) is 10.1. The number of esters is 1. The van der Waals surface area contributed by atoms with Crippen molar-refractivity contribution >= 4 is 22.8 Å². The summed E-state index contributed by atoms with van der Waals surface area (Å²) < 4.78 is 18.4. The largest absolute Gasteiger partial charge is 0.467 e. The van der Waals surface area contributed by atoms with Gasteiger partial charge in [0, 0.05) is 16.8 Å². The highest BCUT2D eigenvalue weighted by Crippen LogP contribution is 2.23. The molecule has 0 bridgehead atoms. The predicted molar refractivity (Wildman–Crippen MR) is 115 cm³/mol. The smallest absolute Gasteiger partial charge is 0.340 e. The number of nitrogens with zero attached hydrogens (tertiary/aromatic N) is 1. The second-order valence-corrected chi connectivity index (χ2v) is 7.50. The van der Waals surface area contributed by atoms with Gasteiger partial charge in [0.2, 0.25) is 0 Å². The molecule has 1 atom stereocenters. The quantitative estimate of drug-likeness (QED) is 0.444. The average Bonchev–Trinajstić information content (AvgIpc) is 3.48. The monoisotopic (exact) mass is 420 g/mol. The molecule has 0 radical (unpaired) electrons. The zero-order chi connectivity index (χ0) is 22.0. The number of fused-ring (bicyclic) bond motifs is 1. The molecule has 1 amide bonds. The topological polar surface area (TPSA) is 86.6 Å². The van der Waals surface area contributed by atoms with Crippen LogP contribution in [0.4, 0.5) is 0 Å². The van der Waals surface area contributed by atoms with E-state index in [0.29, 0.717) is 17.9 Å². The van der Waals surface area contributed by atoms with Crippen molar-refractivity contribution in [3.05, 3.63) is 83.3 Å². The Balaban J connectivity index is 1.35. The third-order valence-corrected chi connectivity index (χ3v) is 5.27. The Hall–Kier alpha value is -3.74. The van der Waals surface area contributed by atoms with Crippen LogP contribution in [-0.4, -0.2) is 23.1 Å². The van der Waals surface area contributed by atoms with Crippen LogP contribution < -0.4 is 5.32 Å². The minimum atomic E-state index is -0.537. The number of carbonyl (C=O) groups is 2. The molecule has 7 heteroatoms. The van der Waals surface area contributed by atoms with Crippen molar-refractivity contribution in [2.75, 3.05) is 6.61 Å². The van der Waals surface area contributed by atoms with Gasteiger partial charge in [0.05, 0.1) is 24.4 Å². The Kier molecular flexibility index (Phi) is 5.66. The molecule has 3 aromatic heterocycles. The van der Waals surface area contributed by atoms with E-state index in [0.717, 1.165) is 28.1 Å². The molecule has 0 aliphatic carbocycles. The maximum Gasteiger partial charge on any atom is 0.340 e. The Bertz CT molecular complexity index is 1180. The van der Waals surface area contributed by atoms with Crippen molar-refractivity contribution in [3.8, 4) is 0 Å². The Labute approximate surface area is 179 Å². The first-order chi connectivity index (χ1) is 14.9. The zero-order valence-corrected chi connectivity index (χ0v) is 17.7. The van der Waals surface area contributed by atoms with Crippen LogP contribution in [0.5, 0.6) is 0 Å². The van der Waals surface area contributed by atoms with Crippen LogP contribution in [0, 0.1) is 13.8 Å². The number of hydrogen-bond donors (Lipinski definition) is 1. The van der Waals surface area contributed by atoms with Gasteiger partial charge in [0.1, 0.15) is 17.1 Å². The predicted octanol–water partition coefficient (Wildman–Crippen LogP) is 4.53. The van der Waals surface area contributed by atoms with E-state index in [9.17, 15) is 9.59 Å². The lowest BCUT2D eigenvalue weighted by Crippen LogP contribution is -2.31. The first-order valence-corrected chi connectivity index (χ1v) is 10.1. The molecule has 160 valence electrons. The van der Waals surface area contributed by atoms with Gasteiger partial charge < -0.3 is 23.5 Å². The number of carbonyl (C=O) groups excluding carboxylic acids is 2. The summed E-state index contributed by atoms with van der Waals surface area (Å²) in [6, 6.07) is 14.6. The molecule has 4 aromatic rings. The van der Waals surface area contributed by atoms with Crippen molar-refractivity contribution in [1.82, 2.24) is 9.88 Å². The fraction of sp³-hybridized carbons (Fsp3) is 0.250. The summed E-state index contributed by atoms with van der Waals surface area (Å²) in [4.78, 5) is 24.9. The second-order valence-electron chi connectivity index (χ2n) is 7.50. The summed E-state index contributed by atoms with van der Waals surface area (Å²) in [5.41, 5.74) is 2.86. The van der Waals surface area contributed by atoms with Gasteiger partial charge in [-0.05, 0) is 51.1 Å². The molecule has 0 saturated carbocycles. The zero-order valence-electron chi connectivity index (χ0n) is 17.7. The van der Waals surface area contributed by atoms with E-state index in [1.165, 1.54) is 0 Å². The summed E-state index contributed by atoms with van der Waals surface area (Å²) in [5, 5.41) is 3.76. The Morgan fingerprint density at radius 3 is 2.68 bits per heavy atom. The number of amides is 1. The normalized spacial score (nSPS) is 12.1. The van der Waals surface area contributed by atoms with Crippen LogP contribution in [-0.2, 0) is 16.1 Å². The van der Waals surface area contributed by atoms with E-state index in [-0.39, 0.29) is 12.6 Å². The van der Waals surface area contributed by atoms with Crippen molar-refractivity contribution < 1.29 is 23.2 Å². The SMILES string of the molecule is Cc1cc(C(=O)OCC(=O)N[C@H](C)c2cc3ccccc3o2)c(C)n1Cc1ccco1. The van der Waals surface area contributed by atoms with Gasteiger partial charge in [-0.15, -0.1) is 0 Å². The molecule has 0 spiro atoms. The fourth-order valence-electron chi connectivity index (χ4n) is 3.59. The third kappa shape index (κ3) is 4.40. The standard InChI is InChI=1S/C24H24N2O5/c1-15-11-20(17(3)26(15)13-19-8-6-10-29-19)24(28)30-14-23(27)25-16(2)22-12-18-7-4-5-9-21(18)31-22/h4-12,16H,13-14H2,1-3H3,(H,25,27)/t16-/m1/s1. The first kappa shape index (κ1) is 20.5. The van der Waals surface area contributed by atoms with Gasteiger partial charge in [-0.1, -0.05) is 18.2 Å². The minimum absolute atomic E-state index is 0.350. The lowest BCUT2D eigenvalue weighted by Gasteiger charge is -2.12. The highest BCUT2D eigenvalue weighted by atomic mass is 16.5. The Morgan fingerprint density at radius 1 is 1.13 bits per heavy atom. The van der Waals surface area contributed by atoms with E-state index < -0.39 is 11.9 Å². The molecular weight excluding hydrogens is 396 g/mol. The maximum atomic E-state index is 12.6. The number of ether oxygens (including phenoxy) is 1. The maximum absolute atomic E-state index is 12.6. The molecule has 7 nitrogen and oxygen atoms in total. The molecule has 1 N–H and O–H groups in total. The fourth-order valence-corrected chi connectivity index (χ4v) is 3.59. The Morgan fingerprint density at radius 2 is 1.94 bits per heavy atom. The number of nitrogens with one attached hydrogen (secondary N) is 1. The molecule has 1 aromatic carbocycles. The molecule has 4 rings (SSSR count). The van der Waals surface area contributed by atoms with Gasteiger partial charge in [-0.2, -0.15) is 0 Å². The average molecular weight is 420 g/mol. The number of hydrogen-bond acceptors (Lipinski definition) is 5. The number of aryl methyl sites for hydroxylation is 1. The van der Waals surface area contributed by atoms with Gasteiger partial charge in [-0.25, -0.2) is 4.79 Å². The lowest BCUT2D eigenvalue weighted by atomic mass is 10.2. The van der Waals surface area contributed by atoms with Gasteiger partial charge in [0.15, 0.2) is 6.61 Å². The minimum Gasteiger partial charge on any atom is -0.467 e. The van der Waals surface area contributed by atoms with E-state index in [1.807, 2.05) is 67.8 Å². The third-order valence-electron chi connectivity index (χ3n) is 5.27. The molecule has 31 heavy (non-hydrogen) atoms. The lowest BCUT2D eigenvalue weighted by molar-refractivity contribution is -0.125. The summed E-state index contributed by atoms with van der Waals surface area (Å²) >= 11 is 0. The van der Waals surface area contributed by atoms with Crippen LogP contribution in [0.3, 0.4) is 0 Å². The number of para-hydroxylation sites is 1. The van der Waals surface area contributed by atoms with Gasteiger partial charge >= 0.3 is 5.97 Å². The molecule has 3 heterocycles. The number of rotatable bonds is 7. The summed E-state index contributed by atoms with van der Waals surface area (Å²) in [7, 11) is 0. The van der Waals surface area contributed by atoms with E-state index in [4.69, 9.17) is 13.6 Å². The van der Waals surface area contributed by atoms with Gasteiger partial charge in [-0.3, -0.25) is 4.79 Å². The molecule has 0 aliphatic rings. The molecule has 0 saturated heterocycles. The van der Waals surface area contributed by atoms with Crippen LogP contribution >= 0.6 is 0 Å². The van der Waals surface area contributed by atoms with Crippen LogP contribution in [0.1, 0.15) is 46.2 Å². The second kappa shape index (κ2) is 8.55. The summed E-state index contributed by atoms with van der Waals surface area (Å²) in [6.45, 7) is 5.73. The van der Waals surface area contributed by atoms with Crippen LogP contribution in [0.2, 0.25) is 0 Å².